The number of carbonyl (C=O) groups excluding carboxylic acids is 1. The van der Waals surface area contributed by atoms with Gasteiger partial charge in [-0.25, -0.2) is 18.8 Å². The average Bonchev–Trinajstić information content (AvgIpc) is 3.32. The third-order valence-corrected chi connectivity index (χ3v) is 5.37. The Labute approximate surface area is 168 Å². The summed E-state index contributed by atoms with van der Waals surface area (Å²) in [6.07, 6.45) is -1.61. The van der Waals surface area contributed by atoms with Gasteiger partial charge in [0.25, 0.3) is 12.3 Å². The summed E-state index contributed by atoms with van der Waals surface area (Å²) in [5, 5.41) is 12.0. The zero-order chi connectivity index (χ0) is 20.8. The van der Waals surface area contributed by atoms with Gasteiger partial charge >= 0.3 is 0 Å². The van der Waals surface area contributed by atoms with E-state index in [2.05, 4.69) is 15.0 Å². The van der Waals surface area contributed by atoms with Gasteiger partial charge in [0, 0.05) is 24.2 Å². The normalized spacial score (nSPS) is 19.1. The molecule has 1 aromatic carbocycles. The van der Waals surface area contributed by atoms with E-state index in [1.54, 1.807) is 17.0 Å². The predicted octanol–water partition coefficient (Wildman–Crippen LogP) is 2.88. The standard InChI is InChI=1S/C19H15F2N5O2S/c1-26-17(28)19(25-18(26)22,11-4-5-23-13(7-11)16(20)21)10-2-3-15(27)12(6-10)14-8-29-9-24-14/h2-9,16,27H,1H3,(H2,22,25). The van der Waals surface area contributed by atoms with Gasteiger partial charge in [-0.05, 0) is 35.4 Å². The summed E-state index contributed by atoms with van der Waals surface area (Å²) in [4.78, 5) is 26.6. The molecule has 0 fully saturated rings. The van der Waals surface area contributed by atoms with Crippen molar-refractivity contribution in [3.05, 3.63) is 64.2 Å². The number of hydrogen-bond acceptors (Lipinski definition) is 7. The van der Waals surface area contributed by atoms with E-state index in [0.717, 1.165) is 11.0 Å². The lowest BCUT2D eigenvalue weighted by atomic mass is 9.82. The number of pyridine rings is 1. The first kappa shape index (κ1) is 18.9. The number of nitrogens with zero attached hydrogens (tertiary/aromatic N) is 4. The van der Waals surface area contributed by atoms with Crippen LogP contribution >= 0.6 is 11.3 Å². The smallest absolute Gasteiger partial charge is 0.280 e. The lowest BCUT2D eigenvalue weighted by Gasteiger charge is -2.27. The second kappa shape index (κ2) is 6.89. The van der Waals surface area contributed by atoms with Crippen LogP contribution in [-0.4, -0.2) is 38.9 Å². The molecule has 1 unspecified atom stereocenters. The lowest BCUT2D eigenvalue weighted by Crippen LogP contribution is -2.41. The second-order valence-electron chi connectivity index (χ2n) is 6.42. The molecule has 1 atom stereocenters. The van der Waals surface area contributed by atoms with E-state index in [0.29, 0.717) is 16.8 Å². The van der Waals surface area contributed by atoms with Crippen molar-refractivity contribution in [1.29, 1.82) is 0 Å². The maximum atomic E-state index is 13.3. The highest BCUT2D eigenvalue weighted by atomic mass is 32.1. The number of aromatic hydroxyl groups is 1. The molecule has 3 aromatic rings. The van der Waals surface area contributed by atoms with Gasteiger partial charge in [-0.2, -0.15) is 0 Å². The number of likely N-dealkylation sites (N-methyl/N-ethyl adjacent to an activating group) is 1. The summed E-state index contributed by atoms with van der Waals surface area (Å²) in [6, 6.07) is 7.10. The third-order valence-electron chi connectivity index (χ3n) is 4.79. The number of aromatic nitrogens is 2. The lowest BCUT2D eigenvalue weighted by molar-refractivity contribution is -0.129. The first-order valence-electron chi connectivity index (χ1n) is 8.44. The van der Waals surface area contributed by atoms with E-state index in [4.69, 9.17) is 5.73 Å². The number of aliphatic imine (C=N–C) groups is 1. The van der Waals surface area contributed by atoms with Crippen molar-refractivity contribution in [3.63, 3.8) is 0 Å². The Balaban J connectivity index is 1.98. The minimum absolute atomic E-state index is 0.0338. The summed E-state index contributed by atoms with van der Waals surface area (Å²) in [7, 11) is 1.46. The molecule has 0 radical (unpaired) electrons. The summed E-state index contributed by atoms with van der Waals surface area (Å²) in [6.45, 7) is 0. The van der Waals surface area contributed by atoms with Gasteiger partial charge in [-0.15, -0.1) is 11.3 Å². The molecule has 0 aliphatic carbocycles. The number of nitrogens with two attached hydrogens (primary N) is 1. The van der Waals surface area contributed by atoms with Crippen LogP contribution in [0, 0.1) is 0 Å². The number of phenolic OH excluding ortho intramolecular Hbond substituents is 1. The van der Waals surface area contributed by atoms with E-state index < -0.39 is 23.6 Å². The van der Waals surface area contributed by atoms with Crippen LogP contribution in [0.15, 0.2) is 52.4 Å². The number of hydrogen-bond donors (Lipinski definition) is 2. The van der Waals surface area contributed by atoms with Gasteiger partial charge < -0.3 is 10.8 Å². The largest absolute Gasteiger partial charge is 0.507 e. The van der Waals surface area contributed by atoms with Crippen LogP contribution in [0.3, 0.4) is 0 Å². The fourth-order valence-electron chi connectivity index (χ4n) is 3.29. The summed E-state index contributed by atoms with van der Waals surface area (Å²) < 4.78 is 26.5. The summed E-state index contributed by atoms with van der Waals surface area (Å²) in [5.74, 6) is -0.585. The molecule has 1 amide bonds. The molecule has 1 aliphatic heterocycles. The number of halogens is 2. The Hall–Kier alpha value is -3.40. The maximum Gasteiger partial charge on any atom is 0.280 e. The Kier molecular flexibility index (Phi) is 4.50. The van der Waals surface area contributed by atoms with Crippen LogP contribution in [0.1, 0.15) is 23.2 Å². The van der Waals surface area contributed by atoms with Gasteiger partial charge in [0.1, 0.15) is 11.4 Å². The molecule has 3 heterocycles. The van der Waals surface area contributed by atoms with Crippen molar-refractivity contribution in [2.24, 2.45) is 10.7 Å². The Morgan fingerprint density at radius 2 is 1.97 bits per heavy atom. The first-order chi connectivity index (χ1) is 13.8. The Morgan fingerprint density at radius 3 is 2.59 bits per heavy atom. The van der Waals surface area contributed by atoms with Crippen molar-refractivity contribution in [3.8, 4) is 17.0 Å². The van der Waals surface area contributed by atoms with E-state index >= 15 is 0 Å². The number of alkyl halides is 2. The highest BCUT2D eigenvalue weighted by Crippen LogP contribution is 2.42. The van der Waals surface area contributed by atoms with Crippen LogP contribution in [0.2, 0.25) is 0 Å². The van der Waals surface area contributed by atoms with E-state index in [-0.39, 0.29) is 17.3 Å². The van der Waals surface area contributed by atoms with Crippen LogP contribution < -0.4 is 5.73 Å². The number of amides is 1. The summed E-state index contributed by atoms with van der Waals surface area (Å²) >= 11 is 1.35. The van der Waals surface area contributed by atoms with E-state index in [9.17, 15) is 18.7 Å². The van der Waals surface area contributed by atoms with Crippen molar-refractivity contribution < 1.29 is 18.7 Å². The third kappa shape index (κ3) is 2.92. The van der Waals surface area contributed by atoms with Gasteiger partial charge in [0.15, 0.2) is 11.5 Å². The minimum Gasteiger partial charge on any atom is -0.507 e. The van der Waals surface area contributed by atoms with Gasteiger partial charge in [0.05, 0.1) is 11.2 Å². The highest BCUT2D eigenvalue weighted by Gasteiger charge is 2.50. The van der Waals surface area contributed by atoms with Gasteiger partial charge in [-0.1, -0.05) is 6.07 Å². The van der Waals surface area contributed by atoms with Crippen molar-refractivity contribution in [2.45, 2.75) is 12.0 Å². The molecular weight excluding hydrogens is 400 g/mol. The highest BCUT2D eigenvalue weighted by molar-refractivity contribution is 7.07. The number of thiazole rings is 1. The molecular formula is C19H15F2N5O2S. The zero-order valence-electron chi connectivity index (χ0n) is 15.1. The second-order valence-corrected chi connectivity index (χ2v) is 7.14. The fraction of sp³-hybridized carbons (Fsp3) is 0.158. The van der Waals surface area contributed by atoms with Crippen LogP contribution in [0.4, 0.5) is 8.78 Å². The van der Waals surface area contributed by atoms with E-state index in [1.165, 1.54) is 42.8 Å². The Morgan fingerprint density at radius 1 is 1.21 bits per heavy atom. The summed E-state index contributed by atoms with van der Waals surface area (Å²) in [5.41, 5.74) is 6.84. The SMILES string of the molecule is CN1C(=O)C(c2ccnc(C(F)F)c2)(c2ccc(O)c(-c3cscn3)c2)N=C1N. The van der Waals surface area contributed by atoms with Crippen LogP contribution in [-0.2, 0) is 10.3 Å². The fourth-order valence-corrected chi connectivity index (χ4v) is 3.84. The number of carbonyl (C=O) groups is 1. The number of guanidine groups is 1. The molecule has 2 aromatic heterocycles. The van der Waals surface area contributed by atoms with E-state index in [1.807, 2.05) is 0 Å². The number of rotatable bonds is 4. The molecule has 0 bridgehead atoms. The van der Waals surface area contributed by atoms with Gasteiger partial charge in [-0.3, -0.25) is 14.7 Å². The predicted molar refractivity (Wildman–Crippen MR) is 104 cm³/mol. The molecule has 3 N–H and O–H groups in total. The molecule has 0 spiro atoms. The molecule has 0 saturated carbocycles. The Bertz CT molecular complexity index is 1120. The molecule has 10 heteroatoms. The molecule has 0 saturated heterocycles. The van der Waals surface area contributed by atoms with Crippen LogP contribution in [0.25, 0.3) is 11.3 Å². The van der Waals surface area contributed by atoms with Crippen molar-refractivity contribution in [1.82, 2.24) is 14.9 Å². The zero-order valence-corrected chi connectivity index (χ0v) is 15.9. The quantitative estimate of drug-likeness (QED) is 0.682. The monoisotopic (exact) mass is 415 g/mol. The topological polar surface area (TPSA) is 105 Å². The minimum atomic E-state index is -2.81. The number of benzene rings is 1. The molecule has 7 nitrogen and oxygen atoms in total. The molecule has 148 valence electrons. The van der Waals surface area contributed by atoms with Gasteiger partial charge in [0.2, 0.25) is 0 Å². The molecule has 29 heavy (non-hydrogen) atoms. The van der Waals surface area contributed by atoms with Crippen molar-refractivity contribution >= 4 is 23.2 Å². The van der Waals surface area contributed by atoms with Crippen molar-refractivity contribution in [2.75, 3.05) is 7.05 Å². The molecule has 1 aliphatic rings. The average molecular weight is 415 g/mol. The molecule has 4 rings (SSSR count). The van der Waals surface area contributed by atoms with Crippen LogP contribution in [0.5, 0.6) is 5.75 Å². The first-order valence-corrected chi connectivity index (χ1v) is 9.39. The number of phenols is 1. The maximum absolute atomic E-state index is 13.3.